The Kier molecular flexibility index (Phi) is 6.39. The van der Waals surface area contributed by atoms with Gasteiger partial charge in [-0.2, -0.15) is 0 Å². The average Bonchev–Trinajstić information content (AvgIpc) is 2.90. The fraction of sp³-hybridized carbons (Fsp3) is 0.300. The molecule has 1 fully saturated rings. The highest BCUT2D eigenvalue weighted by atomic mass is 35.5. The van der Waals surface area contributed by atoms with E-state index in [0.29, 0.717) is 23.7 Å². The van der Waals surface area contributed by atoms with Crippen LogP contribution in [0.4, 0.5) is 9.18 Å². The van der Waals surface area contributed by atoms with Crippen LogP contribution in [-0.2, 0) is 17.8 Å². The average molecular weight is 408 g/mol. The van der Waals surface area contributed by atoms with E-state index in [9.17, 15) is 14.0 Å². The minimum absolute atomic E-state index is 0.139. The fourth-order valence-corrected chi connectivity index (χ4v) is 4.11. The van der Waals surface area contributed by atoms with Crippen molar-refractivity contribution in [1.82, 2.24) is 4.90 Å². The van der Waals surface area contributed by atoms with Crippen molar-refractivity contribution in [2.45, 2.75) is 31.6 Å². The van der Waals surface area contributed by atoms with Crippen LogP contribution in [-0.4, -0.2) is 27.8 Å². The van der Waals surface area contributed by atoms with Crippen molar-refractivity contribution >= 4 is 34.5 Å². The summed E-state index contributed by atoms with van der Waals surface area (Å²) in [4.78, 5) is 25.6. The van der Waals surface area contributed by atoms with Gasteiger partial charge >= 0.3 is 0 Å². The molecular formula is C20H19ClFNO3S. The van der Waals surface area contributed by atoms with E-state index >= 15 is 0 Å². The summed E-state index contributed by atoms with van der Waals surface area (Å²) in [5.41, 5.74) is 1.70. The Morgan fingerprint density at radius 1 is 1.15 bits per heavy atom. The van der Waals surface area contributed by atoms with E-state index in [0.717, 1.165) is 29.3 Å². The first-order chi connectivity index (χ1) is 13.0. The largest absolute Gasteiger partial charge is 0.487 e. The van der Waals surface area contributed by atoms with Gasteiger partial charge in [-0.15, -0.1) is 0 Å². The lowest BCUT2D eigenvalue weighted by molar-refractivity contribution is -0.126. The third kappa shape index (κ3) is 4.82. The highest BCUT2D eigenvalue weighted by Crippen LogP contribution is 2.32. The van der Waals surface area contributed by atoms with Crippen LogP contribution < -0.4 is 4.74 Å². The number of rotatable bonds is 7. The minimum atomic E-state index is -0.411. The first-order valence-electron chi connectivity index (χ1n) is 8.65. The highest BCUT2D eigenvalue weighted by molar-refractivity contribution is 8.15. The van der Waals surface area contributed by atoms with Crippen molar-refractivity contribution in [3.8, 4) is 5.75 Å². The Balaban J connectivity index is 1.62. The second-order valence-electron chi connectivity index (χ2n) is 6.25. The monoisotopic (exact) mass is 407 g/mol. The standard InChI is InChI=1S/C20H19ClFNO3S/c1-2-9-23-19(24)18(27-20(23)25)11-14-5-8-17(16(21)10-14)26-12-13-3-6-15(22)7-4-13/h3-8,10,18H,2,9,11-12H2,1H3/t18-/m1/s1. The van der Waals surface area contributed by atoms with Crippen molar-refractivity contribution in [1.29, 1.82) is 0 Å². The van der Waals surface area contributed by atoms with Gasteiger partial charge in [0.15, 0.2) is 0 Å². The molecule has 0 radical (unpaired) electrons. The number of amides is 2. The van der Waals surface area contributed by atoms with E-state index in [1.54, 1.807) is 24.3 Å². The molecule has 27 heavy (non-hydrogen) atoms. The summed E-state index contributed by atoms with van der Waals surface area (Å²) in [5.74, 6) is 0.0786. The molecule has 0 N–H and O–H groups in total. The number of thioether (sulfide) groups is 1. The van der Waals surface area contributed by atoms with Crippen LogP contribution in [0.1, 0.15) is 24.5 Å². The molecule has 0 spiro atoms. The van der Waals surface area contributed by atoms with Crippen LogP contribution in [0.5, 0.6) is 5.75 Å². The molecule has 0 aromatic heterocycles. The van der Waals surface area contributed by atoms with E-state index in [2.05, 4.69) is 0 Å². The van der Waals surface area contributed by atoms with Gasteiger partial charge in [0.1, 0.15) is 18.2 Å². The number of nitrogens with zero attached hydrogens (tertiary/aromatic N) is 1. The van der Waals surface area contributed by atoms with Crippen LogP contribution in [0.2, 0.25) is 5.02 Å². The summed E-state index contributed by atoms with van der Waals surface area (Å²) >= 11 is 7.36. The lowest BCUT2D eigenvalue weighted by Gasteiger charge is -2.13. The van der Waals surface area contributed by atoms with Gasteiger partial charge in [0.25, 0.3) is 5.24 Å². The highest BCUT2D eigenvalue weighted by Gasteiger charge is 2.38. The number of imide groups is 1. The number of ether oxygens (including phenoxy) is 1. The summed E-state index contributed by atoms with van der Waals surface area (Å²) < 4.78 is 18.6. The molecule has 142 valence electrons. The van der Waals surface area contributed by atoms with Gasteiger partial charge in [-0.05, 0) is 48.2 Å². The van der Waals surface area contributed by atoms with Gasteiger partial charge < -0.3 is 4.74 Å². The Labute approximate surface area is 166 Å². The lowest BCUT2D eigenvalue weighted by Crippen LogP contribution is -2.32. The molecule has 2 amide bonds. The van der Waals surface area contributed by atoms with Crippen LogP contribution in [0.15, 0.2) is 42.5 Å². The number of hydrogen-bond acceptors (Lipinski definition) is 4. The predicted octanol–water partition coefficient (Wildman–Crippen LogP) is 5.07. The Morgan fingerprint density at radius 3 is 2.52 bits per heavy atom. The molecule has 1 heterocycles. The summed E-state index contributed by atoms with van der Waals surface area (Å²) in [5, 5.41) is -0.162. The molecular weight excluding hydrogens is 389 g/mol. The van der Waals surface area contributed by atoms with Gasteiger partial charge in [0.2, 0.25) is 5.91 Å². The molecule has 0 aliphatic carbocycles. The zero-order chi connectivity index (χ0) is 19.4. The van der Waals surface area contributed by atoms with E-state index in [1.165, 1.54) is 17.0 Å². The number of benzene rings is 2. The van der Waals surface area contributed by atoms with Crippen LogP contribution in [0.25, 0.3) is 0 Å². The SMILES string of the molecule is CCCN1C(=O)S[C@H](Cc2ccc(OCc3ccc(F)cc3)c(Cl)c2)C1=O. The zero-order valence-electron chi connectivity index (χ0n) is 14.8. The molecule has 4 nitrogen and oxygen atoms in total. The van der Waals surface area contributed by atoms with Gasteiger partial charge in [-0.25, -0.2) is 4.39 Å². The van der Waals surface area contributed by atoms with Crippen molar-refractivity contribution < 1.29 is 18.7 Å². The second-order valence-corrected chi connectivity index (χ2v) is 7.81. The van der Waals surface area contributed by atoms with Crippen LogP contribution in [0.3, 0.4) is 0 Å². The molecule has 2 aromatic carbocycles. The molecule has 0 unspecified atom stereocenters. The van der Waals surface area contributed by atoms with Crippen molar-refractivity contribution in [3.63, 3.8) is 0 Å². The summed E-state index contributed by atoms with van der Waals surface area (Å²) in [6.45, 7) is 2.66. The van der Waals surface area contributed by atoms with Gasteiger partial charge in [-0.1, -0.05) is 48.5 Å². The second kappa shape index (κ2) is 8.76. The maximum absolute atomic E-state index is 12.9. The number of carbonyl (C=O) groups excluding carboxylic acids is 2. The fourth-order valence-electron chi connectivity index (χ4n) is 2.80. The predicted molar refractivity (Wildman–Crippen MR) is 105 cm³/mol. The third-order valence-electron chi connectivity index (χ3n) is 4.18. The zero-order valence-corrected chi connectivity index (χ0v) is 16.4. The smallest absolute Gasteiger partial charge is 0.289 e. The van der Waals surface area contributed by atoms with Gasteiger partial charge in [-0.3, -0.25) is 14.5 Å². The number of halogens is 2. The molecule has 2 aromatic rings. The molecule has 1 aliphatic rings. The quantitative estimate of drug-likeness (QED) is 0.642. The lowest BCUT2D eigenvalue weighted by atomic mass is 10.1. The van der Waals surface area contributed by atoms with Gasteiger partial charge in [0, 0.05) is 6.54 Å². The molecule has 3 rings (SSSR count). The molecule has 7 heteroatoms. The van der Waals surface area contributed by atoms with Crippen molar-refractivity contribution in [2.24, 2.45) is 0 Å². The Morgan fingerprint density at radius 2 is 1.85 bits per heavy atom. The van der Waals surface area contributed by atoms with Gasteiger partial charge in [0.05, 0.1) is 10.3 Å². The van der Waals surface area contributed by atoms with E-state index in [4.69, 9.17) is 16.3 Å². The van der Waals surface area contributed by atoms with Crippen molar-refractivity contribution in [2.75, 3.05) is 6.54 Å². The van der Waals surface area contributed by atoms with Crippen LogP contribution >= 0.6 is 23.4 Å². The Bertz CT molecular complexity index is 844. The first-order valence-corrected chi connectivity index (χ1v) is 9.91. The maximum Gasteiger partial charge on any atom is 0.289 e. The first kappa shape index (κ1) is 19.7. The van der Waals surface area contributed by atoms with E-state index in [-0.39, 0.29) is 23.6 Å². The number of hydrogen-bond donors (Lipinski definition) is 0. The maximum atomic E-state index is 12.9. The summed E-state index contributed by atoms with van der Waals surface area (Å²) in [7, 11) is 0. The van der Waals surface area contributed by atoms with E-state index in [1.807, 2.05) is 13.0 Å². The molecule has 1 aliphatic heterocycles. The normalized spacial score (nSPS) is 16.9. The third-order valence-corrected chi connectivity index (χ3v) is 5.55. The topological polar surface area (TPSA) is 46.6 Å². The van der Waals surface area contributed by atoms with Crippen molar-refractivity contribution in [3.05, 3.63) is 64.4 Å². The van der Waals surface area contributed by atoms with E-state index < -0.39 is 5.25 Å². The minimum Gasteiger partial charge on any atom is -0.487 e. The molecule has 0 saturated carbocycles. The molecule has 1 atom stereocenters. The number of carbonyl (C=O) groups is 2. The molecule has 0 bridgehead atoms. The summed E-state index contributed by atoms with van der Waals surface area (Å²) in [6.07, 6.45) is 1.18. The van der Waals surface area contributed by atoms with Crippen LogP contribution in [0, 0.1) is 5.82 Å². The molecule has 1 saturated heterocycles. The summed E-state index contributed by atoms with van der Waals surface area (Å²) in [6, 6.07) is 11.4. The Hall–Kier alpha value is -2.05.